The Balaban J connectivity index is 1.77. The number of nitrogens with one attached hydrogen (secondary N) is 1. The quantitative estimate of drug-likeness (QED) is 0.656. The first-order valence-electron chi connectivity index (χ1n) is 6.56. The third kappa shape index (κ3) is 4.94. The number of benzene rings is 2. The van der Waals surface area contributed by atoms with Crippen molar-refractivity contribution in [3.63, 3.8) is 0 Å². The zero-order valence-electron chi connectivity index (χ0n) is 11.2. The Hall–Kier alpha value is -2.00. The highest BCUT2D eigenvalue weighted by Crippen LogP contribution is 2.11. The van der Waals surface area contributed by atoms with Gasteiger partial charge in [-0.3, -0.25) is 0 Å². The lowest BCUT2D eigenvalue weighted by atomic mass is 10.1. The third-order valence-electron chi connectivity index (χ3n) is 2.88. The Morgan fingerprint density at radius 3 is 2.55 bits per heavy atom. The van der Waals surface area contributed by atoms with Crippen molar-refractivity contribution in [1.29, 1.82) is 0 Å². The Labute approximate surface area is 124 Å². The Morgan fingerprint density at radius 1 is 1.05 bits per heavy atom. The van der Waals surface area contributed by atoms with Crippen LogP contribution in [0.4, 0.5) is 0 Å². The molecular formula is C16H18ClN3. The van der Waals surface area contributed by atoms with Gasteiger partial charge in [-0.05, 0) is 29.7 Å². The standard InChI is InChI=1S/C16H18ClN3/c17-15-8-4-7-14(11-15)12-20-16(18)19-10-9-13-5-2-1-3-6-13/h1-8,11H,9-10,12H2,(H3,18,19,20). The maximum Gasteiger partial charge on any atom is 0.188 e. The number of nitrogens with two attached hydrogens (primary N) is 1. The molecule has 4 heteroatoms. The van der Waals surface area contributed by atoms with Crippen molar-refractivity contribution in [1.82, 2.24) is 5.32 Å². The van der Waals surface area contributed by atoms with Gasteiger partial charge in [0.15, 0.2) is 5.96 Å². The number of halogens is 1. The highest BCUT2D eigenvalue weighted by Gasteiger charge is 1.96. The van der Waals surface area contributed by atoms with Gasteiger partial charge in [0.05, 0.1) is 6.54 Å². The molecule has 0 spiro atoms. The molecule has 2 rings (SSSR count). The smallest absolute Gasteiger partial charge is 0.188 e. The number of hydrogen-bond acceptors (Lipinski definition) is 1. The van der Waals surface area contributed by atoms with Crippen molar-refractivity contribution >= 4 is 17.6 Å². The molecule has 0 heterocycles. The molecule has 0 aliphatic carbocycles. The molecule has 2 aromatic carbocycles. The van der Waals surface area contributed by atoms with E-state index in [2.05, 4.69) is 22.4 Å². The van der Waals surface area contributed by atoms with Gasteiger partial charge < -0.3 is 11.1 Å². The third-order valence-corrected chi connectivity index (χ3v) is 3.12. The van der Waals surface area contributed by atoms with Gasteiger partial charge in [0.25, 0.3) is 0 Å². The summed E-state index contributed by atoms with van der Waals surface area (Å²) in [5, 5.41) is 3.83. The minimum Gasteiger partial charge on any atom is -0.370 e. The molecular weight excluding hydrogens is 270 g/mol. The molecule has 104 valence electrons. The maximum absolute atomic E-state index is 5.92. The molecule has 0 aliphatic heterocycles. The minimum absolute atomic E-state index is 0.459. The van der Waals surface area contributed by atoms with Gasteiger partial charge in [0, 0.05) is 11.6 Å². The maximum atomic E-state index is 5.92. The molecule has 0 unspecified atom stereocenters. The van der Waals surface area contributed by atoms with E-state index in [0.29, 0.717) is 17.5 Å². The average Bonchev–Trinajstić information content (AvgIpc) is 2.46. The Kier molecular flexibility index (Phi) is 5.44. The molecule has 0 saturated heterocycles. The van der Waals surface area contributed by atoms with E-state index < -0.39 is 0 Å². The van der Waals surface area contributed by atoms with E-state index in [0.717, 1.165) is 18.5 Å². The van der Waals surface area contributed by atoms with E-state index in [1.165, 1.54) is 5.56 Å². The summed E-state index contributed by atoms with van der Waals surface area (Å²) in [4.78, 5) is 4.29. The zero-order chi connectivity index (χ0) is 14.2. The molecule has 3 nitrogen and oxygen atoms in total. The van der Waals surface area contributed by atoms with Crippen LogP contribution in [-0.4, -0.2) is 12.5 Å². The van der Waals surface area contributed by atoms with Crippen molar-refractivity contribution in [3.05, 3.63) is 70.7 Å². The van der Waals surface area contributed by atoms with E-state index in [4.69, 9.17) is 17.3 Å². The van der Waals surface area contributed by atoms with E-state index in [-0.39, 0.29) is 0 Å². The summed E-state index contributed by atoms with van der Waals surface area (Å²) in [6, 6.07) is 17.9. The van der Waals surface area contributed by atoms with Gasteiger partial charge in [-0.1, -0.05) is 54.1 Å². The predicted molar refractivity (Wildman–Crippen MR) is 84.9 cm³/mol. The van der Waals surface area contributed by atoms with Gasteiger partial charge >= 0.3 is 0 Å². The lowest BCUT2D eigenvalue weighted by molar-refractivity contribution is 0.848. The molecule has 3 N–H and O–H groups in total. The first kappa shape index (κ1) is 14.4. The van der Waals surface area contributed by atoms with Crippen LogP contribution < -0.4 is 11.1 Å². The highest BCUT2D eigenvalue weighted by molar-refractivity contribution is 6.30. The second kappa shape index (κ2) is 7.56. The highest BCUT2D eigenvalue weighted by atomic mass is 35.5. The van der Waals surface area contributed by atoms with Crippen molar-refractivity contribution in [2.45, 2.75) is 13.0 Å². The molecule has 0 bridgehead atoms. The predicted octanol–water partition coefficient (Wildman–Crippen LogP) is 2.99. The number of nitrogens with zero attached hydrogens (tertiary/aromatic N) is 1. The summed E-state index contributed by atoms with van der Waals surface area (Å²) < 4.78 is 0. The first-order chi connectivity index (χ1) is 9.74. The van der Waals surface area contributed by atoms with Crippen LogP contribution in [0.15, 0.2) is 59.6 Å². The van der Waals surface area contributed by atoms with Crippen LogP contribution in [0.1, 0.15) is 11.1 Å². The topological polar surface area (TPSA) is 50.4 Å². The van der Waals surface area contributed by atoms with Crippen LogP contribution in [0.5, 0.6) is 0 Å². The van der Waals surface area contributed by atoms with Gasteiger partial charge in [0.2, 0.25) is 0 Å². The molecule has 2 aromatic rings. The summed E-state index contributed by atoms with van der Waals surface area (Å²) in [7, 11) is 0. The fourth-order valence-electron chi connectivity index (χ4n) is 1.85. The summed E-state index contributed by atoms with van der Waals surface area (Å²) in [5.41, 5.74) is 8.16. The van der Waals surface area contributed by atoms with Crippen molar-refractivity contribution in [3.8, 4) is 0 Å². The summed E-state index contributed by atoms with van der Waals surface area (Å²) >= 11 is 5.92. The molecule has 0 radical (unpaired) electrons. The minimum atomic E-state index is 0.459. The SMILES string of the molecule is NC(=NCc1cccc(Cl)c1)NCCc1ccccc1. The van der Waals surface area contributed by atoms with Crippen LogP contribution in [0.3, 0.4) is 0 Å². The van der Waals surface area contributed by atoms with Gasteiger partial charge in [0.1, 0.15) is 0 Å². The largest absolute Gasteiger partial charge is 0.370 e. The second-order valence-electron chi connectivity index (χ2n) is 4.49. The molecule has 20 heavy (non-hydrogen) atoms. The molecule has 0 atom stereocenters. The van der Waals surface area contributed by atoms with E-state index in [1.54, 1.807) is 0 Å². The molecule has 0 amide bonds. The summed E-state index contributed by atoms with van der Waals surface area (Å²) in [6.45, 7) is 1.31. The number of rotatable bonds is 5. The molecule has 0 saturated carbocycles. The molecule has 0 aromatic heterocycles. The van der Waals surface area contributed by atoms with Crippen LogP contribution in [0.2, 0.25) is 5.02 Å². The van der Waals surface area contributed by atoms with E-state index in [1.807, 2.05) is 42.5 Å². The lowest BCUT2D eigenvalue weighted by Gasteiger charge is -2.06. The average molecular weight is 288 g/mol. The van der Waals surface area contributed by atoms with Crippen molar-refractivity contribution in [2.75, 3.05) is 6.54 Å². The Morgan fingerprint density at radius 2 is 1.80 bits per heavy atom. The summed E-state index contributed by atoms with van der Waals surface area (Å²) in [5.74, 6) is 0.459. The fraction of sp³-hybridized carbons (Fsp3) is 0.188. The van der Waals surface area contributed by atoms with Crippen LogP contribution in [-0.2, 0) is 13.0 Å². The van der Waals surface area contributed by atoms with Gasteiger partial charge in [-0.2, -0.15) is 0 Å². The first-order valence-corrected chi connectivity index (χ1v) is 6.94. The van der Waals surface area contributed by atoms with Crippen LogP contribution >= 0.6 is 11.6 Å². The van der Waals surface area contributed by atoms with Crippen LogP contribution in [0, 0.1) is 0 Å². The van der Waals surface area contributed by atoms with E-state index >= 15 is 0 Å². The fourth-order valence-corrected chi connectivity index (χ4v) is 2.06. The lowest BCUT2D eigenvalue weighted by Crippen LogP contribution is -2.33. The number of guanidine groups is 1. The zero-order valence-corrected chi connectivity index (χ0v) is 12.0. The van der Waals surface area contributed by atoms with Crippen molar-refractivity contribution in [2.24, 2.45) is 10.7 Å². The van der Waals surface area contributed by atoms with Gasteiger partial charge in [-0.15, -0.1) is 0 Å². The normalized spacial score (nSPS) is 11.3. The van der Waals surface area contributed by atoms with Crippen LogP contribution in [0.25, 0.3) is 0 Å². The molecule has 0 aliphatic rings. The Bertz CT molecular complexity index is 567. The van der Waals surface area contributed by atoms with Gasteiger partial charge in [-0.25, -0.2) is 4.99 Å². The number of aliphatic imine (C=N–C) groups is 1. The second-order valence-corrected chi connectivity index (χ2v) is 4.93. The monoisotopic (exact) mass is 287 g/mol. The summed E-state index contributed by atoms with van der Waals surface area (Å²) in [6.07, 6.45) is 0.925. The molecule has 0 fully saturated rings. The number of hydrogen-bond donors (Lipinski definition) is 2. The van der Waals surface area contributed by atoms with Crippen molar-refractivity contribution < 1.29 is 0 Å². The van der Waals surface area contributed by atoms with E-state index in [9.17, 15) is 0 Å².